The van der Waals surface area contributed by atoms with Crippen molar-refractivity contribution in [2.45, 2.75) is 38.0 Å². The van der Waals surface area contributed by atoms with Gasteiger partial charge in [-0.15, -0.1) is 0 Å². The smallest absolute Gasteiger partial charge is 0.222 e. The van der Waals surface area contributed by atoms with E-state index in [0.29, 0.717) is 11.8 Å². The summed E-state index contributed by atoms with van der Waals surface area (Å²) in [6.45, 7) is 1.65. The number of nitrogens with zero attached hydrogens (tertiary/aromatic N) is 4. The van der Waals surface area contributed by atoms with Gasteiger partial charge in [0.25, 0.3) is 0 Å². The van der Waals surface area contributed by atoms with Crippen molar-refractivity contribution in [2.24, 2.45) is 5.92 Å². The van der Waals surface area contributed by atoms with Gasteiger partial charge in [-0.25, -0.2) is 15.0 Å². The SMILES string of the molecule is O=C(CC1CC1)N1CCCC(c2ncnc3cnc4[nH]ccc4c23)C1. The third-order valence-corrected chi connectivity index (χ3v) is 5.54. The molecular weight excluding hydrogens is 314 g/mol. The number of H-pyrrole nitrogens is 1. The topological polar surface area (TPSA) is 74.8 Å². The Kier molecular flexibility index (Phi) is 3.43. The highest BCUT2D eigenvalue weighted by Crippen LogP contribution is 2.36. The summed E-state index contributed by atoms with van der Waals surface area (Å²) in [4.78, 5) is 31.2. The van der Waals surface area contributed by atoms with E-state index in [1.807, 2.05) is 12.3 Å². The molecule has 2 aliphatic rings. The second kappa shape index (κ2) is 5.79. The Morgan fingerprint density at radius 1 is 1.24 bits per heavy atom. The van der Waals surface area contributed by atoms with Gasteiger partial charge in [-0.05, 0) is 37.7 Å². The third kappa shape index (κ3) is 2.65. The molecule has 1 unspecified atom stereocenters. The van der Waals surface area contributed by atoms with Crippen LogP contribution in [0.15, 0.2) is 24.8 Å². The number of likely N-dealkylation sites (tertiary alicyclic amines) is 1. The Hall–Kier alpha value is -2.50. The van der Waals surface area contributed by atoms with E-state index in [9.17, 15) is 4.79 Å². The number of carbonyl (C=O) groups excluding carboxylic acids is 1. The van der Waals surface area contributed by atoms with E-state index < -0.39 is 0 Å². The number of hydrogen-bond donors (Lipinski definition) is 1. The summed E-state index contributed by atoms with van der Waals surface area (Å²) in [7, 11) is 0. The van der Waals surface area contributed by atoms with E-state index in [1.165, 1.54) is 12.8 Å². The van der Waals surface area contributed by atoms with Gasteiger partial charge in [-0.1, -0.05) is 0 Å². The van der Waals surface area contributed by atoms with Gasteiger partial charge in [0.2, 0.25) is 5.91 Å². The molecule has 3 aromatic rings. The van der Waals surface area contributed by atoms with Crippen LogP contribution in [0.4, 0.5) is 0 Å². The van der Waals surface area contributed by atoms with Gasteiger partial charge in [0.15, 0.2) is 0 Å². The molecule has 0 aromatic carbocycles. The number of rotatable bonds is 3. The van der Waals surface area contributed by atoms with Gasteiger partial charge in [-0.3, -0.25) is 4.79 Å². The van der Waals surface area contributed by atoms with Gasteiger partial charge in [0.05, 0.1) is 17.4 Å². The maximum absolute atomic E-state index is 12.5. The molecule has 4 heterocycles. The quantitative estimate of drug-likeness (QED) is 0.798. The first-order valence-electron chi connectivity index (χ1n) is 9.14. The van der Waals surface area contributed by atoms with Crippen molar-refractivity contribution in [3.63, 3.8) is 0 Å². The van der Waals surface area contributed by atoms with Crippen LogP contribution < -0.4 is 0 Å². The predicted molar refractivity (Wildman–Crippen MR) is 95.1 cm³/mol. The fraction of sp³-hybridized carbons (Fsp3) is 0.474. The van der Waals surface area contributed by atoms with Crippen LogP contribution in [-0.4, -0.2) is 43.8 Å². The molecule has 2 fully saturated rings. The molecule has 1 amide bonds. The normalized spacial score (nSPS) is 21.1. The predicted octanol–water partition coefficient (Wildman–Crippen LogP) is 3.01. The van der Waals surface area contributed by atoms with Gasteiger partial charge in [-0.2, -0.15) is 0 Å². The third-order valence-electron chi connectivity index (χ3n) is 5.54. The Balaban J connectivity index is 1.51. The van der Waals surface area contributed by atoms with Crippen LogP contribution in [0.5, 0.6) is 0 Å². The molecule has 1 N–H and O–H groups in total. The summed E-state index contributed by atoms with van der Waals surface area (Å²) in [6.07, 6.45) is 10.6. The number of fused-ring (bicyclic) bond motifs is 3. The van der Waals surface area contributed by atoms with E-state index in [2.05, 4.69) is 24.8 Å². The highest BCUT2D eigenvalue weighted by molar-refractivity contribution is 6.04. The molecule has 1 aliphatic heterocycles. The zero-order valence-electron chi connectivity index (χ0n) is 14.1. The van der Waals surface area contributed by atoms with Crippen LogP contribution in [0.3, 0.4) is 0 Å². The average molecular weight is 335 g/mol. The summed E-state index contributed by atoms with van der Waals surface area (Å²) < 4.78 is 0. The number of hydrogen-bond acceptors (Lipinski definition) is 4. The van der Waals surface area contributed by atoms with E-state index in [4.69, 9.17) is 0 Å². The second-order valence-electron chi connectivity index (χ2n) is 7.34. The zero-order chi connectivity index (χ0) is 16.8. The molecule has 25 heavy (non-hydrogen) atoms. The molecule has 0 spiro atoms. The molecule has 6 nitrogen and oxygen atoms in total. The van der Waals surface area contributed by atoms with Crippen molar-refractivity contribution >= 4 is 27.8 Å². The summed E-state index contributed by atoms with van der Waals surface area (Å²) in [5.74, 6) is 1.22. The molecule has 0 bridgehead atoms. The van der Waals surface area contributed by atoms with E-state index in [0.717, 1.165) is 60.0 Å². The monoisotopic (exact) mass is 335 g/mol. The van der Waals surface area contributed by atoms with Gasteiger partial charge < -0.3 is 9.88 Å². The summed E-state index contributed by atoms with van der Waals surface area (Å²) in [5, 5.41) is 2.14. The largest absolute Gasteiger partial charge is 0.346 e. The highest BCUT2D eigenvalue weighted by atomic mass is 16.2. The van der Waals surface area contributed by atoms with Crippen LogP contribution in [0.1, 0.15) is 43.7 Å². The lowest BCUT2D eigenvalue weighted by atomic mass is 9.91. The molecule has 1 saturated heterocycles. The summed E-state index contributed by atoms with van der Waals surface area (Å²) in [6, 6.07) is 2.04. The fourth-order valence-corrected chi connectivity index (χ4v) is 4.02. The number of piperidine rings is 1. The lowest BCUT2D eigenvalue weighted by Gasteiger charge is -2.33. The molecule has 1 saturated carbocycles. The van der Waals surface area contributed by atoms with Crippen LogP contribution in [-0.2, 0) is 4.79 Å². The minimum atomic E-state index is 0.267. The van der Waals surface area contributed by atoms with Crippen LogP contribution in [0, 0.1) is 5.92 Å². The minimum Gasteiger partial charge on any atom is -0.346 e. The first-order valence-corrected chi connectivity index (χ1v) is 9.14. The van der Waals surface area contributed by atoms with Crippen LogP contribution >= 0.6 is 0 Å². The maximum atomic E-state index is 12.5. The number of carbonyl (C=O) groups is 1. The van der Waals surface area contributed by atoms with Crippen LogP contribution in [0.25, 0.3) is 21.9 Å². The first kappa shape index (κ1) is 14.8. The molecule has 1 atom stereocenters. The second-order valence-corrected chi connectivity index (χ2v) is 7.34. The zero-order valence-corrected chi connectivity index (χ0v) is 14.1. The fourth-order valence-electron chi connectivity index (χ4n) is 4.02. The summed E-state index contributed by atoms with van der Waals surface area (Å²) in [5.41, 5.74) is 2.79. The molecule has 6 heteroatoms. The molecular formula is C19H21N5O. The number of nitrogens with one attached hydrogen (secondary N) is 1. The summed E-state index contributed by atoms with van der Waals surface area (Å²) >= 11 is 0. The average Bonchev–Trinajstić information content (AvgIpc) is 3.33. The lowest BCUT2D eigenvalue weighted by Crippen LogP contribution is -2.39. The Morgan fingerprint density at radius 2 is 2.16 bits per heavy atom. The molecule has 1 aliphatic carbocycles. The van der Waals surface area contributed by atoms with E-state index in [-0.39, 0.29) is 5.92 Å². The van der Waals surface area contributed by atoms with Crippen molar-refractivity contribution in [2.75, 3.05) is 13.1 Å². The van der Waals surface area contributed by atoms with Gasteiger partial charge in [0, 0.05) is 42.4 Å². The molecule has 128 valence electrons. The number of aromatic amines is 1. The Morgan fingerprint density at radius 3 is 3.04 bits per heavy atom. The van der Waals surface area contributed by atoms with E-state index in [1.54, 1.807) is 12.5 Å². The van der Waals surface area contributed by atoms with Crippen molar-refractivity contribution in [3.8, 4) is 0 Å². The number of pyridine rings is 1. The molecule has 3 aromatic heterocycles. The van der Waals surface area contributed by atoms with Crippen molar-refractivity contribution in [1.29, 1.82) is 0 Å². The Labute approximate surface area is 145 Å². The van der Waals surface area contributed by atoms with Gasteiger partial charge >= 0.3 is 0 Å². The minimum absolute atomic E-state index is 0.267. The van der Waals surface area contributed by atoms with Gasteiger partial charge in [0.1, 0.15) is 12.0 Å². The number of amides is 1. The van der Waals surface area contributed by atoms with Crippen molar-refractivity contribution in [1.82, 2.24) is 24.8 Å². The standard InChI is InChI=1S/C19H21N5O/c25-16(8-12-3-4-12)24-7-1-2-13(10-24)18-17-14-5-6-20-19(14)21-9-15(17)22-11-23-18/h5-6,9,11-13H,1-4,7-8,10H2,(H,20,21). The molecule has 5 rings (SSSR count). The maximum Gasteiger partial charge on any atom is 0.222 e. The van der Waals surface area contributed by atoms with Crippen molar-refractivity contribution in [3.05, 3.63) is 30.5 Å². The Bertz CT molecular complexity index is 945. The molecule has 0 radical (unpaired) electrons. The number of aromatic nitrogens is 4. The van der Waals surface area contributed by atoms with Crippen molar-refractivity contribution < 1.29 is 4.79 Å². The first-order chi connectivity index (χ1) is 12.3. The lowest BCUT2D eigenvalue weighted by molar-refractivity contribution is -0.132. The van der Waals surface area contributed by atoms with Crippen LogP contribution in [0.2, 0.25) is 0 Å². The van der Waals surface area contributed by atoms with E-state index >= 15 is 0 Å². The highest BCUT2D eigenvalue weighted by Gasteiger charge is 2.31.